The summed E-state index contributed by atoms with van der Waals surface area (Å²) in [7, 11) is 0. The number of fused-ring (bicyclic) bond motifs is 1. The molecule has 2 saturated carbocycles. The molecule has 0 saturated heterocycles. The number of aromatic nitrogens is 4. The van der Waals surface area contributed by atoms with Crippen LogP contribution in [-0.2, 0) is 12.1 Å². The van der Waals surface area contributed by atoms with Crippen LogP contribution in [-0.4, -0.2) is 25.1 Å². The standard InChI is InChI=1S/C21H23ClN4O2/c22-18-17(9-8-16-19(18)24-25-26(16)13-14-6-7-14)28-20-15(5-4-12-23-20)21(27)10-2-1-3-11-21/h4-5,8-9,12,14,27H,1-3,6-7,10-11,13H2. The summed E-state index contributed by atoms with van der Waals surface area (Å²) >= 11 is 6.60. The fourth-order valence-electron chi connectivity index (χ4n) is 4.08. The predicted octanol–water partition coefficient (Wildman–Crippen LogP) is 4.83. The minimum absolute atomic E-state index is 0.401. The summed E-state index contributed by atoms with van der Waals surface area (Å²) in [5, 5.41) is 20.1. The van der Waals surface area contributed by atoms with E-state index in [2.05, 4.69) is 15.3 Å². The van der Waals surface area contributed by atoms with Crippen LogP contribution >= 0.6 is 11.6 Å². The number of rotatable bonds is 5. The van der Waals surface area contributed by atoms with Gasteiger partial charge in [-0.25, -0.2) is 9.67 Å². The number of hydrogen-bond donors (Lipinski definition) is 1. The van der Waals surface area contributed by atoms with Gasteiger partial charge in [0.2, 0.25) is 5.88 Å². The molecule has 0 aliphatic heterocycles. The highest BCUT2D eigenvalue weighted by Crippen LogP contribution is 2.43. The van der Waals surface area contributed by atoms with Crippen molar-refractivity contribution in [2.45, 2.75) is 57.1 Å². The van der Waals surface area contributed by atoms with Gasteiger partial charge >= 0.3 is 0 Å². The topological polar surface area (TPSA) is 73.1 Å². The molecule has 3 aromatic rings. The molecule has 2 aromatic heterocycles. The van der Waals surface area contributed by atoms with Gasteiger partial charge in [0.1, 0.15) is 10.5 Å². The highest BCUT2D eigenvalue weighted by Gasteiger charge is 2.34. The number of aliphatic hydroxyl groups is 1. The Kier molecular flexibility index (Phi) is 4.48. The quantitative estimate of drug-likeness (QED) is 0.666. The molecular formula is C21H23ClN4O2. The Morgan fingerprint density at radius 1 is 1.18 bits per heavy atom. The molecule has 6 nitrogen and oxygen atoms in total. The van der Waals surface area contributed by atoms with E-state index >= 15 is 0 Å². The van der Waals surface area contributed by atoms with Crippen molar-refractivity contribution in [3.05, 3.63) is 41.0 Å². The molecule has 0 radical (unpaired) electrons. The summed E-state index contributed by atoms with van der Waals surface area (Å²) < 4.78 is 8.01. The van der Waals surface area contributed by atoms with Crippen LogP contribution in [0.1, 0.15) is 50.5 Å². The van der Waals surface area contributed by atoms with E-state index < -0.39 is 5.60 Å². The molecule has 28 heavy (non-hydrogen) atoms. The molecule has 0 unspecified atom stereocenters. The Balaban J connectivity index is 1.48. The van der Waals surface area contributed by atoms with Crippen LogP contribution in [0.3, 0.4) is 0 Å². The van der Waals surface area contributed by atoms with Crippen molar-refractivity contribution in [3.63, 3.8) is 0 Å². The number of hydrogen-bond acceptors (Lipinski definition) is 5. The normalized spacial score (nSPS) is 19.1. The average Bonchev–Trinajstić information content (AvgIpc) is 3.43. The molecule has 1 aromatic carbocycles. The minimum Gasteiger partial charge on any atom is -0.437 e. The second kappa shape index (κ2) is 7.01. The van der Waals surface area contributed by atoms with Crippen molar-refractivity contribution in [2.75, 3.05) is 0 Å². The second-order valence-electron chi connectivity index (χ2n) is 8.01. The van der Waals surface area contributed by atoms with Gasteiger partial charge in [0.15, 0.2) is 5.75 Å². The Labute approximate surface area is 168 Å². The van der Waals surface area contributed by atoms with Crippen molar-refractivity contribution >= 4 is 22.6 Å². The first-order valence-corrected chi connectivity index (χ1v) is 10.4. The van der Waals surface area contributed by atoms with Crippen molar-refractivity contribution in [1.29, 1.82) is 0 Å². The fraction of sp³-hybridized carbons (Fsp3) is 0.476. The first-order valence-electron chi connectivity index (χ1n) is 10.0. The van der Waals surface area contributed by atoms with E-state index in [0.717, 1.165) is 49.7 Å². The van der Waals surface area contributed by atoms with Crippen molar-refractivity contribution in [1.82, 2.24) is 20.0 Å². The van der Waals surface area contributed by atoms with E-state index in [1.165, 1.54) is 12.8 Å². The molecule has 2 aliphatic rings. The van der Waals surface area contributed by atoms with Crippen molar-refractivity contribution in [2.24, 2.45) is 5.92 Å². The first-order chi connectivity index (χ1) is 13.6. The predicted molar refractivity (Wildman–Crippen MR) is 107 cm³/mol. The summed E-state index contributed by atoms with van der Waals surface area (Å²) in [5.74, 6) is 1.58. The third kappa shape index (κ3) is 3.25. The van der Waals surface area contributed by atoms with Gasteiger partial charge in [0.05, 0.1) is 11.1 Å². The summed E-state index contributed by atoms with van der Waals surface area (Å²) in [6.07, 6.45) is 8.77. The van der Waals surface area contributed by atoms with Gasteiger partial charge in [-0.3, -0.25) is 0 Å². The van der Waals surface area contributed by atoms with Crippen LogP contribution in [0.5, 0.6) is 11.6 Å². The van der Waals surface area contributed by atoms with Crippen LogP contribution in [0.25, 0.3) is 11.0 Å². The zero-order valence-corrected chi connectivity index (χ0v) is 16.4. The molecule has 7 heteroatoms. The lowest BCUT2D eigenvalue weighted by molar-refractivity contribution is -0.00268. The van der Waals surface area contributed by atoms with Crippen LogP contribution in [0, 0.1) is 5.92 Å². The summed E-state index contributed by atoms with van der Waals surface area (Å²) in [6.45, 7) is 0.879. The maximum Gasteiger partial charge on any atom is 0.225 e. The Morgan fingerprint density at radius 2 is 2.00 bits per heavy atom. The Hall–Kier alpha value is -2.18. The molecule has 0 amide bonds. The van der Waals surface area contributed by atoms with E-state index in [1.807, 2.05) is 28.9 Å². The molecule has 2 aliphatic carbocycles. The molecular weight excluding hydrogens is 376 g/mol. The van der Waals surface area contributed by atoms with Crippen LogP contribution in [0.15, 0.2) is 30.5 Å². The number of ether oxygens (including phenoxy) is 1. The Morgan fingerprint density at radius 3 is 2.79 bits per heavy atom. The van der Waals surface area contributed by atoms with Gasteiger partial charge in [-0.15, -0.1) is 5.10 Å². The molecule has 5 rings (SSSR count). The van der Waals surface area contributed by atoms with E-state index in [0.29, 0.717) is 28.1 Å². The third-order valence-electron chi connectivity index (χ3n) is 5.88. The van der Waals surface area contributed by atoms with E-state index in [1.54, 1.807) is 6.20 Å². The van der Waals surface area contributed by atoms with Crippen LogP contribution in [0.4, 0.5) is 0 Å². The first kappa shape index (κ1) is 17.9. The van der Waals surface area contributed by atoms with Crippen LogP contribution in [0.2, 0.25) is 5.02 Å². The zero-order chi connectivity index (χ0) is 19.1. The lowest BCUT2D eigenvalue weighted by atomic mass is 9.80. The molecule has 146 valence electrons. The fourth-order valence-corrected chi connectivity index (χ4v) is 4.32. The SMILES string of the molecule is OC1(c2cccnc2Oc2ccc3c(nnn3CC3CC3)c2Cl)CCCCC1. The van der Waals surface area contributed by atoms with E-state index in [9.17, 15) is 5.11 Å². The molecule has 2 heterocycles. The maximum absolute atomic E-state index is 11.2. The lowest BCUT2D eigenvalue weighted by Crippen LogP contribution is -2.29. The van der Waals surface area contributed by atoms with E-state index in [4.69, 9.17) is 16.3 Å². The average molecular weight is 399 g/mol. The monoisotopic (exact) mass is 398 g/mol. The van der Waals surface area contributed by atoms with Gasteiger partial charge in [0, 0.05) is 18.3 Å². The third-order valence-corrected chi connectivity index (χ3v) is 6.24. The number of nitrogens with zero attached hydrogens (tertiary/aromatic N) is 4. The Bertz CT molecular complexity index is 1010. The summed E-state index contributed by atoms with van der Waals surface area (Å²) in [6, 6.07) is 7.51. The molecule has 2 fully saturated rings. The van der Waals surface area contributed by atoms with Gasteiger partial charge in [0.25, 0.3) is 0 Å². The molecule has 0 spiro atoms. The molecule has 0 bridgehead atoms. The van der Waals surface area contributed by atoms with Crippen molar-refractivity contribution < 1.29 is 9.84 Å². The maximum atomic E-state index is 11.2. The largest absolute Gasteiger partial charge is 0.437 e. The summed E-state index contributed by atoms with van der Waals surface area (Å²) in [5.41, 5.74) is 1.37. The highest BCUT2D eigenvalue weighted by molar-refractivity contribution is 6.36. The second-order valence-corrected chi connectivity index (χ2v) is 8.39. The summed E-state index contributed by atoms with van der Waals surface area (Å²) in [4.78, 5) is 4.39. The van der Waals surface area contributed by atoms with Crippen LogP contribution < -0.4 is 4.74 Å². The smallest absolute Gasteiger partial charge is 0.225 e. The van der Waals surface area contributed by atoms with Gasteiger partial charge in [-0.2, -0.15) is 0 Å². The molecule has 0 atom stereocenters. The zero-order valence-electron chi connectivity index (χ0n) is 15.6. The van der Waals surface area contributed by atoms with Gasteiger partial charge in [-0.1, -0.05) is 36.1 Å². The van der Waals surface area contributed by atoms with Gasteiger partial charge < -0.3 is 9.84 Å². The number of pyridine rings is 1. The number of halogens is 1. The minimum atomic E-state index is -0.897. The van der Waals surface area contributed by atoms with Crippen molar-refractivity contribution in [3.8, 4) is 11.6 Å². The highest BCUT2D eigenvalue weighted by atomic mass is 35.5. The van der Waals surface area contributed by atoms with Gasteiger partial charge in [-0.05, 0) is 55.9 Å². The lowest BCUT2D eigenvalue weighted by Gasteiger charge is -2.33. The molecule has 1 N–H and O–H groups in total. The van der Waals surface area contributed by atoms with E-state index in [-0.39, 0.29) is 0 Å². The number of benzene rings is 1.